The van der Waals surface area contributed by atoms with E-state index in [9.17, 15) is 19.2 Å². The number of hydrogen-bond donors (Lipinski definition) is 1. The average Bonchev–Trinajstić information content (AvgIpc) is 3.34. The lowest BCUT2D eigenvalue weighted by Crippen LogP contribution is -2.43. The zero-order valence-corrected chi connectivity index (χ0v) is 19.9. The predicted octanol–water partition coefficient (Wildman–Crippen LogP) is 2.90. The number of aryl methyl sites for hydroxylation is 1. The number of hydrogen-bond acceptors (Lipinski definition) is 7. The molecule has 0 saturated heterocycles. The number of nitrogens with one attached hydrogen (secondary N) is 1. The number of aromatic nitrogens is 3. The van der Waals surface area contributed by atoms with Crippen molar-refractivity contribution in [1.29, 1.82) is 0 Å². The molecule has 0 aliphatic carbocycles. The lowest BCUT2D eigenvalue weighted by Gasteiger charge is -2.15. The smallest absolute Gasteiger partial charge is 0.338 e. The number of pyridine rings is 1. The van der Waals surface area contributed by atoms with Crippen molar-refractivity contribution in [3.8, 4) is 0 Å². The van der Waals surface area contributed by atoms with Gasteiger partial charge in [0, 0.05) is 16.4 Å². The summed E-state index contributed by atoms with van der Waals surface area (Å²) in [5.74, 6) is -0.981. The molecule has 0 unspecified atom stereocenters. The number of benzene rings is 1. The molecule has 0 saturated carbocycles. The Labute approximate surface area is 203 Å². The fraction of sp³-hybridized carbons (Fsp3) is 0.208. The van der Waals surface area contributed by atoms with Gasteiger partial charge in [0.1, 0.15) is 12.3 Å². The van der Waals surface area contributed by atoms with Crippen molar-refractivity contribution in [3.05, 3.63) is 91.1 Å². The molecule has 0 atom stereocenters. The summed E-state index contributed by atoms with van der Waals surface area (Å²) in [6, 6.07) is 9.70. The molecule has 4 rings (SSSR count). The summed E-state index contributed by atoms with van der Waals surface area (Å²) in [5, 5.41) is 2.98. The highest BCUT2D eigenvalue weighted by Crippen LogP contribution is 2.23. The van der Waals surface area contributed by atoms with Crippen LogP contribution in [-0.2, 0) is 22.6 Å². The fourth-order valence-corrected chi connectivity index (χ4v) is 3.88. The quantitative estimate of drug-likeness (QED) is 0.407. The molecular formula is C24H21ClN4O6. The number of furan rings is 1. The molecule has 0 spiro atoms. The monoisotopic (exact) mass is 496 g/mol. The van der Waals surface area contributed by atoms with E-state index in [1.165, 1.54) is 24.0 Å². The van der Waals surface area contributed by atoms with Crippen molar-refractivity contribution >= 4 is 40.2 Å². The van der Waals surface area contributed by atoms with Crippen LogP contribution in [0.15, 0.2) is 56.7 Å². The standard InChI is InChI=1S/C24H21ClN4O6/c1-13-10-16(23(32)34-3)20-21(26-13)28(11-15-6-5-9-35-15)24(33)29(22(20)31)12-19(30)27-18-8-4-7-17(25)14(18)2/h4-10H,11-12H2,1-3H3,(H,27,30). The van der Waals surface area contributed by atoms with Gasteiger partial charge in [-0.3, -0.25) is 18.7 Å². The van der Waals surface area contributed by atoms with Crippen molar-refractivity contribution in [2.24, 2.45) is 0 Å². The molecule has 1 aromatic carbocycles. The second-order valence-corrected chi connectivity index (χ2v) is 8.21. The zero-order valence-electron chi connectivity index (χ0n) is 19.1. The number of amides is 1. The first kappa shape index (κ1) is 24.0. The molecule has 1 N–H and O–H groups in total. The Kier molecular flexibility index (Phi) is 6.57. The highest BCUT2D eigenvalue weighted by atomic mass is 35.5. The van der Waals surface area contributed by atoms with Gasteiger partial charge in [-0.2, -0.15) is 0 Å². The molecule has 3 aromatic heterocycles. The predicted molar refractivity (Wildman–Crippen MR) is 129 cm³/mol. The molecule has 180 valence electrons. The Hall–Kier alpha value is -4.18. The highest BCUT2D eigenvalue weighted by Gasteiger charge is 2.23. The number of methoxy groups -OCH3 is 1. The summed E-state index contributed by atoms with van der Waals surface area (Å²) >= 11 is 6.12. The topological polar surface area (TPSA) is 125 Å². The van der Waals surface area contributed by atoms with Gasteiger partial charge in [-0.1, -0.05) is 17.7 Å². The first-order valence-corrected chi connectivity index (χ1v) is 10.9. The number of nitrogens with zero attached hydrogens (tertiary/aromatic N) is 3. The van der Waals surface area contributed by atoms with Gasteiger partial charge >= 0.3 is 11.7 Å². The minimum absolute atomic E-state index is 0.0147. The number of halogens is 1. The third-order valence-corrected chi connectivity index (χ3v) is 5.86. The normalized spacial score (nSPS) is 11.0. The van der Waals surface area contributed by atoms with Crippen LogP contribution < -0.4 is 16.6 Å². The average molecular weight is 497 g/mol. The lowest BCUT2D eigenvalue weighted by atomic mass is 10.1. The summed E-state index contributed by atoms with van der Waals surface area (Å²) in [6.45, 7) is 2.67. The number of rotatable bonds is 6. The first-order chi connectivity index (χ1) is 16.7. The van der Waals surface area contributed by atoms with Crippen LogP contribution in [0.3, 0.4) is 0 Å². The summed E-state index contributed by atoms with van der Waals surface area (Å²) in [4.78, 5) is 56.6. The number of anilines is 1. The molecule has 3 heterocycles. The van der Waals surface area contributed by atoms with Crippen molar-refractivity contribution in [1.82, 2.24) is 14.1 Å². The molecule has 1 amide bonds. The van der Waals surface area contributed by atoms with Crippen molar-refractivity contribution < 1.29 is 18.7 Å². The molecule has 0 aliphatic heterocycles. The summed E-state index contributed by atoms with van der Waals surface area (Å²) in [6.07, 6.45) is 1.44. The van der Waals surface area contributed by atoms with E-state index < -0.39 is 29.7 Å². The Morgan fingerprint density at radius 3 is 2.60 bits per heavy atom. The number of carbonyl (C=O) groups excluding carboxylic acids is 2. The summed E-state index contributed by atoms with van der Waals surface area (Å²) in [7, 11) is 1.18. The van der Waals surface area contributed by atoms with Gasteiger partial charge in [0.25, 0.3) is 5.56 Å². The maximum atomic E-state index is 13.4. The van der Waals surface area contributed by atoms with Crippen LogP contribution in [-0.4, -0.2) is 33.1 Å². The van der Waals surface area contributed by atoms with E-state index in [1.54, 1.807) is 44.2 Å². The van der Waals surface area contributed by atoms with Crippen molar-refractivity contribution in [2.75, 3.05) is 12.4 Å². The van der Waals surface area contributed by atoms with Gasteiger partial charge in [0.2, 0.25) is 5.91 Å². The van der Waals surface area contributed by atoms with E-state index in [4.69, 9.17) is 20.8 Å². The van der Waals surface area contributed by atoms with Crippen LogP contribution in [0, 0.1) is 13.8 Å². The molecule has 0 fully saturated rings. The number of ether oxygens (including phenoxy) is 1. The van der Waals surface area contributed by atoms with Crippen LogP contribution >= 0.6 is 11.6 Å². The lowest BCUT2D eigenvalue weighted by molar-refractivity contribution is -0.116. The minimum Gasteiger partial charge on any atom is -0.467 e. The summed E-state index contributed by atoms with van der Waals surface area (Å²) < 4.78 is 12.2. The Morgan fingerprint density at radius 2 is 1.91 bits per heavy atom. The fourth-order valence-electron chi connectivity index (χ4n) is 3.71. The maximum absolute atomic E-state index is 13.4. The van der Waals surface area contributed by atoms with Crippen LogP contribution in [0.2, 0.25) is 5.02 Å². The van der Waals surface area contributed by atoms with Gasteiger partial charge in [-0.25, -0.2) is 14.6 Å². The van der Waals surface area contributed by atoms with E-state index >= 15 is 0 Å². The van der Waals surface area contributed by atoms with Gasteiger partial charge in [-0.05, 0) is 49.7 Å². The van der Waals surface area contributed by atoms with Crippen LogP contribution in [0.25, 0.3) is 11.0 Å². The third kappa shape index (κ3) is 4.60. The van der Waals surface area contributed by atoms with E-state index in [1.807, 2.05) is 0 Å². The molecule has 35 heavy (non-hydrogen) atoms. The third-order valence-electron chi connectivity index (χ3n) is 5.45. The Balaban J connectivity index is 1.89. The molecule has 0 aliphatic rings. The van der Waals surface area contributed by atoms with Crippen LogP contribution in [0.1, 0.15) is 27.4 Å². The largest absolute Gasteiger partial charge is 0.467 e. The van der Waals surface area contributed by atoms with Crippen molar-refractivity contribution in [3.63, 3.8) is 0 Å². The van der Waals surface area contributed by atoms with Gasteiger partial charge < -0.3 is 14.5 Å². The number of esters is 1. The number of carbonyl (C=O) groups is 2. The molecule has 0 radical (unpaired) electrons. The van der Waals surface area contributed by atoms with Gasteiger partial charge in [-0.15, -0.1) is 0 Å². The Morgan fingerprint density at radius 1 is 1.14 bits per heavy atom. The molecule has 10 nitrogen and oxygen atoms in total. The van der Waals surface area contributed by atoms with Gasteiger partial charge in [0.15, 0.2) is 5.65 Å². The highest BCUT2D eigenvalue weighted by molar-refractivity contribution is 6.31. The summed E-state index contributed by atoms with van der Waals surface area (Å²) in [5.41, 5.74) is -0.225. The first-order valence-electron chi connectivity index (χ1n) is 10.5. The van der Waals surface area contributed by atoms with E-state index in [0.29, 0.717) is 27.7 Å². The number of fused-ring (bicyclic) bond motifs is 1. The van der Waals surface area contributed by atoms with E-state index in [0.717, 1.165) is 4.57 Å². The zero-order chi connectivity index (χ0) is 25.3. The molecule has 4 aromatic rings. The Bertz CT molecular complexity index is 1570. The van der Waals surface area contributed by atoms with Crippen LogP contribution in [0.4, 0.5) is 5.69 Å². The second-order valence-electron chi connectivity index (χ2n) is 7.80. The maximum Gasteiger partial charge on any atom is 0.338 e. The van der Waals surface area contributed by atoms with Crippen LogP contribution in [0.5, 0.6) is 0 Å². The van der Waals surface area contributed by atoms with Crippen molar-refractivity contribution in [2.45, 2.75) is 26.9 Å². The van der Waals surface area contributed by atoms with Gasteiger partial charge in [0.05, 0.1) is 30.9 Å². The van der Waals surface area contributed by atoms with E-state index in [-0.39, 0.29) is 23.1 Å². The molecule has 0 bridgehead atoms. The van der Waals surface area contributed by atoms with E-state index in [2.05, 4.69) is 10.3 Å². The molecular weight excluding hydrogens is 476 g/mol. The second kappa shape index (κ2) is 9.59. The molecule has 11 heteroatoms. The minimum atomic E-state index is -0.841. The SMILES string of the molecule is COC(=O)c1cc(C)nc2c1c(=O)n(CC(=O)Nc1cccc(Cl)c1C)c(=O)n2Cc1ccco1.